The van der Waals surface area contributed by atoms with Crippen LogP contribution in [-0.2, 0) is 32.7 Å². The molecule has 2 aliphatic carbocycles. The maximum Gasteiger partial charge on any atom is 0.238 e. The molecule has 0 radical (unpaired) electrons. The third-order valence-corrected chi connectivity index (χ3v) is 11.9. The first kappa shape index (κ1) is 32.0. The van der Waals surface area contributed by atoms with Crippen LogP contribution >= 0.6 is 0 Å². The van der Waals surface area contributed by atoms with Gasteiger partial charge < -0.3 is 9.32 Å². The van der Waals surface area contributed by atoms with Crippen molar-refractivity contribution in [1.29, 1.82) is 0 Å². The minimum absolute atomic E-state index is 0.00146. The molecule has 2 unspecified atom stereocenters. The molecule has 1 heterocycles. The minimum Gasteiger partial charge on any atom is -0.464 e. The van der Waals surface area contributed by atoms with Crippen molar-refractivity contribution >= 4 is 32.7 Å². The van der Waals surface area contributed by atoms with Crippen LogP contribution < -0.4 is 5.43 Å². The lowest BCUT2D eigenvalue weighted by Gasteiger charge is -2.38. The van der Waals surface area contributed by atoms with Crippen molar-refractivity contribution in [1.82, 2.24) is 9.21 Å². The van der Waals surface area contributed by atoms with Gasteiger partial charge in [0.05, 0.1) is 36.1 Å². The van der Waals surface area contributed by atoms with Crippen LogP contribution in [0, 0.1) is 28.5 Å². The molecule has 2 fully saturated rings. The summed E-state index contributed by atoms with van der Waals surface area (Å²) < 4.78 is 48.8. The summed E-state index contributed by atoms with van der Waals surface area (Å²) in [6.07, 6.45) is 3.60. The van der Waals surface area contributed by atoms with E-state index in [1.54, 1.807) is 36.4 Å². The third kappa shape index (κ3) is 6.11. The quantitative estimate of drug-likeness (QED) is 0.262. The predicted molar refractivity (Wildman–Crippen MR) is 167 cm³/mol. The number of para-hydroxylation sites is 1. The van der Waals surface area contributed by atoms with Gasteiger partial charge >= 0.3 is 0 Å². The van der Waals surface area contributed by atoms with E-state index in [9.17, 15) is 27.2 Å². The number of carbonyl (C=O) groups excluding carboxylic acids is 2. The van der Waals surface area contributed by atoms with Gasteiger partial charge in [-0.15, -0.1) is 0 Å². The molecule has 236 valence electrons. The number of Topliss-reactive ketones (excluding diaryl/α,β-unsaturated/α-hetero) is 1. The third-order valence-electron chi connectivity index (χ3n) is 9.98. The molecule has 0 N–H and O–H groups in total. The molecule has 2 atom stereocenters. The number of sulfonamides is 1. The fourth-order valence-corrected chi connectivity index (χ4v) is 9.13. The molecule has 1 amide bonds. The number of hydrogen-bond acceptors (Lipinski definition) is 6. The molecule has 44 heavy (non-hydrogen) atoms. The summed E-state index contributed by atoms with van der Waals surface area (Å²) in [5, 5.41) is 0.373. The maximum atomic E-state index is 14.1. The molecule has 0 aliphatic heterocycles. The summed E-state index contributed by atoms with van der Waals surface area (Å²) in [7, 11) is -4.03. The van der Waals surface area contributed by atoms with Crippen LogP contribution in [0.15, 0.2) is 64.0 Å². The normalized spacial score (nSPS) is 21.1. The standard InChI is InChI=1S/C34H41FN2O6S/c1-23(2)14-16-37(44(41,42)22-34-15-13-26(17-30(34)38)33(34,3)4)20-31(39)36(18-24-9-11-27(35)12-10-24)19-25-21-43-29-8-6-5-7-28(29)32(25)40/h5-12,21,23,26H,13-20,22H2,1-4H3. The molecule has 10 heteroatoms. The molecule has 2 aliphatic rings. The van der Waals surface area contributed by atoms with Crippen LogP contribution in [-0.4, -0.2) is 48.2 Å². The average molecular weight is 625 g/mol. The van der Waals surface area contributed by atoms with Gasteiger partial charge in [0, 0.05) is 24.9 Å². The number of carbonyl (C=O) groups is 2. The smallest absolute Gasteiger partial charge is 0.238 e. The Morgan fingerprint density at radius 1 is 1.07 bits per heavy atom. The Labute approximate surface area is 258 Å². The van der Waals surface area contributed by atoms with E-state index in [2.05, 4.69) is 0 Å². The molecule has 5 rings (SSSR count). The largest absolute Gasteiger partial charge is 0.464 e. The average Bonchev–Trinajstić information content (AvgIpc) is 3.31. The van der Waals surface area contributed by atoms with E-state index in [0.717, 1.165) is 6.42 Å². The second-order valence-electron chi connectivity index (χ2n) is 13.4. The topological polar surface area (TPSA) is 105 Å². The van der Waals surface area contributed by atoms with Crippen molar-refractivity contribution in [3.63, 3.8) is 0 Å². The van der Waals surface area contributed by atoms with Gasteiger partial charge in [-0.25, -0.2) is 12.8 Å². The van der Waals surface area contributed by atoms with Gasteiger partial charge in [-0.1, -0.05) is 52.0 Å². The molecule has 3 aromatic rings. The first-order valence-electron chi connectivity index (χ1n) is 15.3. The molecule has 2 aromatic carbocycles. The molecule has 0 saturated heterocycles. The maximum absolute atomic E-state index is 14.1. The zero-order chi connectivity index (χ0) is 31.9. The summed E-state index contributed by atoms with van der Waals surface area (Å²) in [6.45, 7) is 7.54. The van der Waals surface area contributed by atoms with Crippen LogP contribution in [0.25, 0.3) is 11.0 Å². The number of ketones is 1. The van der Waals surface area contributed by atoms with E-state index < -0.39 is 39.1 Å². The fraction of sp³-hybridized carbons (Fsp3) is 0.500. The van der Waals surface area contributed by atoms with E-state index in [1.165, 1.54) is 27.6 Å². The minimum atomic E-state index is -4.03. The van der Waals surface area contributed by atoms with Crippen LogP contribution in [0.1, 0.15) is 64.5 Å². The lowest BCUT2D eigenvalue weighted by atomic mass is 9.70. The highest BCUT2D eigenvalue weighted by molar-refractivity contribution is 7.89. The Morgan fingerprint density at radius 3 is 2.41 bits per heavy atom. The van der Waals surface area contributed by atoms with Gasteiger partial charge in [0.15, 0.2) is 5.43 Å². The van der Waals surface area contributed by atoms with Crippen molar-refractivity contribution in [2.24, 2.45) is 22.7 Å². The highest BCUT2D eigenvalue weighted by Crippen LogP contribution is 2.64. The summed E-state index contributed by atoms with van der Waals surface area (Å²) in [4.78, 5) is 41.9. The van der Waals surface area contributed by atoms with Crippen molar-refractivity contribution in [2.45, 2.75) is 66.5 Å². The summed E-state index contributed by atoms with van der Waals surface area (Å²) in [6, 6.07) is 12.5. The summed E-state index contributed by atoms with van der Waals surface area (Å²) in [5.41, 5.74) is -0.413. The first-order valence-corrected chi connectivity index (χ1v) is 16.9. The van der Waals surface area contributed by atoms with Crippen molar-refractivity contribution in [3.05, 3.63) is 82.0 Å². The van der Waals surface area contributed by atoms with E-state index in [1.807, 2.05) is 27.7 Å². The zero-order valence-corrected chi connectivity index (χ0v) is 26.7. The summed E-state index contributed by atoms with van der Waals surface area (Å²) >= 11 is 0. The number of benzene rings is 2. The lowest BCUT2D eigenvalue weighted by molar-refractivity contribution is -0.132. The molecular weight excluding hydrogens is 583 g/mol. The van der Waals surface area contributed by atoms with Crippen molar-refractivity contribution < 1.29 is 26.8 Å². The van der Waals surface area contributed by atoms with Crippen LogP contribution in [0.5, 0.6) is 0 Å². The van der Waals surface area contributed by atoms with Gasteiger partial charge in [-0.3, -0.25) is 14.4 Å². The van der Waals surface area contributed by atoms with Gasteiger partial charge in [0.1, 0.15) is 17.2 Å². The van der Waals surface area contributed by atoms with Crippen molar-refractivity contribution in [2.75, 3.05) is 18.8 Å². The number of rotatable bonds is 12. The molecule has 1 aromatic heterocycles. The lowest BCUT2D eigenvalue weighted by Crippen LogP contribution is -2.49. The monoisotopic (exact) mass is 624 g/mol. The Balaban J connectivity index is 1.45. The van der Waals surface area contributed by atoms with Gasteiger partial charge in [0.2, 0.25) is 15.9 Å². The van der Waals surface area contributed by atoms with E-state index >= 15 is 0 Å². The highest BCUT2D eigenvalue weighted by atomic mass is 32.2. The van der Waals surface area contributed by atoms with Gasteiger partial charge in [-0.05, 0) is 66.3 Å². The van der Waals surface area contributed by atoms with Gasteiger partial charge in [0.25, 0.3) is 0 Å². The van der Waals surface area contributed by atoms with Crippen LogP contribution in [0.4, 0.5) is 4.39 Å². The number of hydrogen-bond donors (Lipinski definition) is 0. The van der Waals surface area contributed by atoms with E-state index in [-0.39, 0.29) is 54.0 Å². The second kappa shape index (κ2) is 12.2. The molecule has 8 nitrogen and oxygen atoms in total. The second-order valence-corrected chi connectivity index (χ2v) is 15.4. The number of amides is 1. The van der Waals surface area contributed by atoms with E-state index in [4.69, 9.17) is 4.42 Å². The van der Waals surface area contributed by atoms with Crippen LogP contribution in [0.2, 0.25) is 0 Å². The number of halogens is 1. The molecular formula is C34H41FN2O6S. The fourth-order valence-electron chi connectivity index (χ4n) is 6.96. The molecule has 0 spiro atoms. The Hall–Kier alpha value is -3.37. The Kier molecular flexibility index (Phi) is 8.88. The highest BCUT2D eigenvalue weighted by Gasteiger charge is 2.65. The number of fused-ring (bicyclic) bond motifs is 3. The predicted octanol–water partition coefficient (Wildman–Crippen LogP) is 5.53. The first-order chi connectivity index (χ1) is 20.7. The molecule has 2 bridgehead atoms. The summed E-state index contributed by atoms with van der Waals surface area (Å²) in [5.74, 6) is -0.910. The van der Waals surface area contributed by atoms with Crippen LogP contribution in [0.3, 0.4) is 0 Å². The Morgan fingerprint density at radius 2 is 1.77 bits per heavy atom. The molecule has 2 saturated carbocycles. The zero-order valence-electron chi connectivity index (χ0n) is 25.8. The van der Waals surface area contributed by atoms with Crippen molar-refractivity contribution in [3.8, 4) is 0 Å². The SMILES string of the molecule is CC(C)CCN(CC(=O)N(Cc1ccc(F)cc1)Cc1coc2ccccc2c1=O)S(=O)(=O)CC12CCC(CC1=O)C2(C)C. The Bertz CT molecular complexity index is 1720. The van der Waals surface area contributed by atoms with E-state index in [0.29, 0.717) is 35.8 Å². The number of nitrogens with zero attached hydrogens (tertiary/aromatic N) is 2. The van der Waals surface area contributed by atoms with Gasteiger partial charge in [-0.2, -0.15) is 4.31 Å².